The summed E-state index contributed by atoms with van der Waals surface area (Å²) in [6.45, 7) is -1.93. The SMILES string of the molecule is O=C(O)C12CC3CC(CC(C3)C1)C2.O=C(OC[C-](F)F)C12CC3CC(CC(C3)C1)C2.O=C(n1ccnc1)C12CC3CC(CC(C3)C1)C2.O=C(n1ccnc1)n1ccnc1.O=S(=O)=O.O=S(=O)=O.OC[C-](F)F.[Na+].[Na+]. The van der Waals surface area contributed by atoms with Crippen LogP contribution >= 0.6 is 0 Å². The molecular formula is C47H60F4N6Na2O13S2. The quantitative estimate of drug-likeness (QED) is 0.152. The van der Waals surface area contributed by atoms with Crippen LogP contribution in [0.25, 0.3) is 0 Å². The van der Waals surface area contributed by atoms with E-state index in [9.17, 15) is 41.8 Å². The van der Waals surface area contributed by atoms with Crippen molar-refractivity contribution < 1.29 is 136 Å². The average molecular weight is 1100 g/mol. The minimum atomic E-state index is -3.11. The molecule has 3 aromatic rings. The molecule has 15 rings (SSSR count). The van der Waals surface area contributed by atoms with Crippen LogP contribution in [0.2, 0.25) is 0 Å². The minimum Gasteiger partial charge on any atom is -0.493 e. The minimum absolute atomic E-state index is 0. The molecule has 12 aliphatic rings. The Bertz CT molecular complexity index is 2340. The van der Waals surface area contributed by atoms with Crippen LogP contribution in [0, 0.1) is 82.4 Å². The van der Waals surface area contributed by atoms with Crippen molar-refractivity contribution in [3.05, 3.63) is 69.0 Å². The van der Waals surface area contributed by atoms with Gasteiger partial charge in [-0.25, -0.2) is 19.7 Å². The monoisotopic (exact) mass is 1100 g/mol. The van der Waals surface area contributed by atoms with Gasteiger partial charge in [-0.05, 0) is 175 Å². The fraction of sp³-hybridized carbons (Fsp3) is 0.681. The topological polar surface area (TPSA) is 274 Å². The molecule has 0 atom stereocenters. The number of aliphatic hydroxyl groups is 1. The third kappa shape index (κ3) is 17.2. The number of hydrogen-bond acceptors (Lipinski definition) is 15. The van der Waals surface area contributed by atoms with Crippen molar-refractivity contribution in [1.29, 1.82) is 0 Å². The molecule has 0 aliphatic heterocycles. The number of carbonyl (C=O) groups excluding carboxylic acids is 3. The van der Waals surface area contributed by atoms with Gasteiger partial charge >= 0.3 is 98.3 Å². The van der Waals surface area contributed by atoms with Gasteiger partial charge in [-0.3, -0.25) is 28.1 Å². The van der Waals surface area contributed by atoms with Crippen LogP contribution in [-0.4, -0.2) is 101 Å². The number of aromatic nitrogens is 6. The van der Waals surface area contributed by atoms with Gasteiger partial charge in [-0.1, -0.05) is 0 Å². The number of carboxylic acid groups (broad SMARTS) is 1. The number of ether oxygens (including phenoxy) is 1. The maximum atomic E-state index is 12.7. The normalized spacial score (nSPS) is 31.9. The average Bonchev–Trinajstić information content (AvgIpc) is 4.13. The van der Waals surface area contributed by atoms with Crippen molar-refractivity contribution in [2.45, 2.75) is 116 Å². The molecule has 12 aliphatic carbocycles. The van der Waals surface area contributed by atoms with Gasteiger partial charge in [0.2, 0.25) is 5.91 Å². The number of aliphatic hydroxyl groups excluding tert-OH is 1. The van der Waals surface area contributed by atoms with Crippen LogP contribution < -0.4 is 59.1 Å². The summed E-state index contributed by atoms with van der Waals surface area (Å²) in [6.07, 6.45) is 31.4. The van der Waals surface area contributed by atoms with E-state index in [2.05, 4.69) is 15.0 Å². The second-order valence-electron chi connectivity index (χ2n) is 21.2. The molecule has 0 unspecified atom stereocenters. The van der Waals surface area contributed by atoms with Crippen molar-refractivity contribution >= 4 is 45.1 Å². The molecule has 12 bridgehead atoms. The molecule has 2 N–H and O–H groups in total. The Balaban J connectivity index is 0.000000198. The molecule has 0 amide bonds. The van der Waals surface area contributed by atoms with E-state index in [1.54, 1.807) is 48.1 Å². The zero-order valence-corrected chi connectivity index (χ0v) is 47.1. The fourth-order valence-corrected chi connectivity index (χ4v) is 14.9. The summed E-state index contributed by atoms with van der Waals surface area (Å²) in [5, 5.41) is 16.6. The van der Waals surface area contributed by atoms with Gasteiger partial charge < -0.3 is 32.5 Å². The summed E-state index contributed by atoms with van der Waals surface area (Å²) >= 11 is 0. The standard InChI is InChI=1S/C14H18N2O.C13H17F2O2.C11H16O2.C7H6N4O.C2H3F2O.2Na.2O3S/c17-13(16-2-1-15-9-16)14-6-10-3-11(7-14)5-12(4-10)8-14;14-11(15)7-17-12(16)13-4-8-1-9(5-13)3-10(2-8)6-13;12-10(13)11-4-7-1-8(5-11)3-9(2-7)6-11;12-7(10-3-1-8-5-10)11-4-2-9-6-11;3-2(4)1-5;;;2*1-4(2)3/h1-2,9-12H,3-8H2;8-10H,1-7H2;7-9H,1-6H2,(H,12,13);1-6H;5H,1H2;;;;/q;-1;;;-1;2*+1;;. The van der Waals surface area contributed by atoms with Gasteiger partial charge in [0.1, 0.15) is 19.0 Å². The molecule has 0 spiro atoms. The van der Waals surface area contributed by atoms with E-state index in [-0.39, 0.29) is 81.9 Å². The van der Waals surface area contributed by atoms with Crippen LogP contribution in [0.4, 0.5) is 22.4 Å². The molecule has 12 saturated carbocycles. The summed E-state index contributed by atoms with van der Waals surface area (Å²) in [7, 11) is -6.22. The third-order valence-corrected chi connectivity index (χ3v) is 16.1. The third-order valence-electron chi connectivity index (χ3n) is 16.1. The number of imidazole rings is 3. The number of nitrogens with zero attached hydrogens (tertiary/aromatic N) is 6. The first-order valence-corrected chi connectivity index (χ1v) is 26.0. The maximum absolute atomic E-state index is 12.7. The Kier molecular flexibility index (Phi) is 24.4. The predicted molar refractivity (Wildman–Crippen MR) is 241 cm³/mol. The van der Waals surface area contributed by atoms with Crippen molar-refractivity contribution in [2.75, 3.05) is 13.2 Å². The molecule has 3 aromatic heterocycles. The predicted octanol–water partition coefficient (Wildman–Crippen LogP) is 1.20. The van der Waals surface area contributed by atoms with Crippen molar-refractivity contribution in [1.82, 2.24) is 28.7 Å². The molecule has 12 fully saturated rings. The number of rotatable bonds is 6. The Labute approximate surface area is 473 Å². The van der Waals surface area contributed by atoms with Crippen molar-refractivity contribution in [2.24, 2.45) is 69.5 Å². The van der Waals surface area contributed by atoms with Crippen molar-refractivity contribution in [3.8, 4) is 0 Å². The smallest absolute Gasteiger partial charge is 0.493 e. The van der Waals surface area contributed by atoms with Gasteiger partial charge in [-0.2, -0.15) is 0 Å². The molecule has 3 heterocycles. The summed E-state index contributed by atoms with van der Waals surface area (Å²) < 4.78 is 105. The first-order valence-electron chi connectivity index (χ1n) is 24.0. The zero-order chi connectivity index (χ0) is 52.4. The van der Waals surface area contributed by atoms with Gasteiger partial charge in [0.05, 0.1) is 16.2 Å². The number of esters is 1. The number of aliphatic carboxylic acids is 1. The Morgan fingerprint density at radius 2 is 0.784 bits per heavy atom. The van der Waals surface area contributed by atoms with Crippen LogP contribution in [0.15, 0.2) is 56.2 Å². The molecule has 19 nitrogen and oxygen atoms in total. The summed E-state index contributed by atoms with van der Waals surface area (Å²) in [6, 6.07) is -0.190. The van der Waals surface area contributed by atoms with E-state index in [0.29, 0.717) is 23.7 Å². The van der Waals surface area contributed by atoms with E-state index >= 15 is 0 Å². The summed E-state index contributed by atoms with van der Waals surface area (Å²) in [5.41, 5.74) is -0.728. The second kappa shape index (κ2) is 28.5. The Morgan fingerprint density at radius 3 is 1.03 bits per heavy atom. The Hall–Kier alpha value is -3.17. The van der Waals surface area contributed by atoms with Crippen LogP contribution in [0.3, 0.4) is 0 Å². The molecule has 27 heteroatoms. The van der Waals surface area contributed by atoms with Crippen LogP contribution in [-0.2, 0) is 35.5 Å². The number of carbonyl (C=O) groups is 4. The molecule has 398 valence electrons. The summed E-state index contributed by atoms with van der Waals surface area (Å²) in [4.78, 5) is 58.9. The van der Waals surface area contributed by atoms with E-state index in [1.807, 2.05) is 0 Å². The first kappa shape index (κ1) is 63.4. The zero-order valence-electron chi connectivity index (χ0n) is 41.4. The van der Waals surface area contributed by atoms with E-state index in [4.69, 9.17) is 35.1 Å². The first-order chi connectivity index (χ1) is 34.1. The fourth-order valence-electron chi connectivity index (χ4n) is 14.9. The molecule has 0 aromatic carbocycles. The van der Waals surface area contributed by atoms with Gasteiger partial charge in [-0.15, -0.1) is 25.3 Å². The van der Waals surface area contributed by atoms with Gasteiger partial charge in [0.15, 0.2) is 0 Å². The second-order valence-corrected chi connectivity index (χ2v) is 22.0. The van der Waals surface area contributed by atoms with Crippen LogP contribution in [0.1, 0.15) is 120 Å². The number of hydrogen-bond donors (Lipinski definition) is 2. The van der Waals surface area contributed by atoms with E-state index < -0.39 is 58.7 Å². The van der Waals surface area contributed by atoms with Gasteiger partial charge in [0, 0.05) is 56.6 Å². The largest absolute Gasteiger partial charge is 1.00 e. The Morgan fingerprint density at radius 1 is 0.514 bits per heavy atom. The molecule has 74 heavy (non-hydrogen) atoms. The maximum Gasteiger partial charge on any atom is 1.00 e. The molecular weight excluding hydrogens is 1040 g/mol. The van der Waals surface area contributed by atoms with E-state index in [0.717, 1.165) is 93.3 Å². The number of carboxylic acids is 1. The van der Waals surface area contributed by atoms with Gasteiger partial charge in [0.25, 0.3) is 0 Å². The van der Waals surface area contributed by atoms with Crippen molar-refractivity contribution in [3.63, 3.8) is 0 Å². The summed E-state index contributed by atoms with van der Waals surface area (Å²) in [5.74, 6) is 6.07. The number of halogens is 4. The van der Waals surface area contributed by atoms with E-state index in [1.165, 1.54) is 79.6 Å². The van der Waals surface area contributed by atoms with Crippen LogP contribution in [0.5, 0.6) is 0 Å². The molecule has 0 radical (unpaired) electrons. The molecule has 0 saturated heterocycles.